The van der Waals surface area contributed by atoms with E-state index in [4.69, 9.17) is 27.9 Å². The number of halogens is 2. The molecule has 1 aliphatic rings. The van der Waals surface area contributed by atoms with Gasteiger partial charge in [0.2, 0.25) is 0 Å². The largest absolute Gasteiger partial charge is 0.488 e. The van der Waals surface area contributed by atoms with Crippen LogP contribution < -0.4 is 15.0 Å². The van der Waals surface area contributed by atoms with Gasteiger partial charge in [-0.25, -0.2) is 9.69 Å². The van der Waals surface area contributed by atoms with Crippen LogP contribution in [0.1, 0.15) is 22.3 Å². The first-order valence-corrected chi connectivity index (χ1v) is 12.6. The van der Waals surface area contributed by atoms with Crippen molar-refractivity contribution in [1.29, 1.82) is 0 Å². The Bertz CT molecular complexity index is 1660. The Morgan fingerprint density at radius 2 is 1.66 bits per heavy atom. The second-order valence-electron chi connectivity index (χ2n) is 8.96. The van der Waals surface area contributed by atoms with Crippen molar-refractivity contribution in [2.45, 2.75) is 20.5 Å². The van der Waals surface area contributed by atoms with Gasteiger partial charge in [-0.3, -0.25) is 14.9 Å². The summed E-state index contributed by atoms with van der Waals surface area (Å²) < 4.78 is 6.20. The molecule has 38 heavy (non-hydrogen) atoms. The van der Waals surface area contributed by atoms with Gasteiger partial charge in [0.15, 0.2) is 0 Å². The number of hydrogen-bond acceptors (Lipinski definition) is 4. The van der Waals surface area contributed by atoms with Gasteiger partial charge in [-0.1, -0.05) is 71.7 Å². The van der Waals surface area contributed by atoms with E-state index in [2.05, 4.69) is 11.4 Å². The zero-order valence-corrected chi connectivity index (χ0v) is 22.1. The minimum atomic E-state index is -0.875. The minimum Gasteiger partial charge on any atom is -0.488 e. The van der Waals surface area contributed by atoms with E-state index in [1.54, 1.807) is 0 Å². The zero-order valence-electron chi connectivity index (χ0n) is 20.5. The van der Waals surface area contributed by atoms with E-state index in [0.717, 1.165) is 26.8 Å². The predicted octanol–water partition coefficient (Wildman–Crippen LogP) is 7.01. The highest BCUT2D eigenvalue weighted by atomic mass is 35.5. The van der Waals surface area contributed by atoms with Crippen LogP contribution in [0.15, 0.2) is 78.4 Å². The summed E-state index contributed by atoms with van der Waals surface area (Å²) in [5.41, 5.74) is 3.85. The molecule has 8 heteroatoms. The van der Waals surface area contributed by atoms with Crippen LogP contribution in [0.2, 0.25) is 10.0 Å². The van der Waals surface area contributed by atoms with E-state index in [1.807, 2.05) is 62.4 Å². The lowest BCUT2D eigenvalue weighted by Crippen LogP contribution is -2.54. The van der Waals surface area contributed by atoms with Gasteiger partial charge in [-0.15, -0.1) is 0 Å². The highest BCUT2D eigenvalue weighted by Gasteiger charge is 2.37. The van der Waals surface area contributed by atoms with Crippen LogP contribution in [0.25, 0.3) is 16.8 Å². The molecule has 1 heterocycles. The molecule has 1 N–H and O–H groups in total. The summed E-state index contributed by atoms with van der Waals surface area (Å²) in [6.07, 6.45) is 1.46. The van der Waals surface area contributed by atoms with Crippen LogP contribution in [-0.4, -0.2) is 17.8 Å². The molecule has 1 fully saturated rings. The number of nitrogens with one attached hydrogen (secondary N) is 1. The highest BCUT2D eigenvalue weighted by molar-refractivity contribution is 6.43. The van der Waals surface area contributed by atoms with Gasteiger partial charge in [0.05, 0.1) is 15.7 Å². The van der Waals surface area contributed by atoms with Crippen molar-refractivity contribution < 1.29 is 19.1 Å². The second-order valence-corrected chi connectivity index (χ2v) is 9.78. The van der Waals surface area contributed by atoms with Gasteiger partial charge in [0.25, 0.3) is 11.8 Å². The van der Waals surface area contributed by atoms with Gasteiger partial charge < -0.3 is 4.74 Å². The Balaban J connectivity index is 1.57. The molecule has 1 aliphatic heterocycles. The molecule has 5 rings (SSSR count). The summed E-state index contributed by atoms with van der Waals surface area (Å²) >= 11 is 12.1. The molecule has 0 unspecified atom stereocenters. The summed E-state index contributed by atoms with van der Waals surface area (Å²) in [7, 11) is 0. The Kier molecular flexibility index (Phi) is 6.93. The maximum Gasteiger partial charge on any atom is 0.335 e. The van der Waals surface area contributed by atoms with Gasteiger partial charge in [0, 0.05) is 5.56 Å². The van der Waals surface area contributed by atoms with Crippen LogP contribution in [-0.2, 0) is 16.2 Å². The first kappa shape index (κ1) is 25.5. The monoisotopic (exact) mass is 544 g/mol. The van der Waals surface area contributed by atoms with Crippen LogP contribution >= 0.6 is 23.2 Å². The number of rotatable bonds is 5. The first-order chi connectivity index (χ1) is 18.2. The Labute approximate surface area is 229 Å². The van der Waals surface area contributed by atoms with Crippen molar-refractivity contribution in [2.75, 3.05) is 4.90 Å². The van der Waals surface area contributed by atoms with Crippen molar-refractivity contribution in [1.82, 2.24) is 5.32 Å². The van der Waals surface area contributed by atoms with Crippen molar-refractivity contribution in [3.8, 4) is 5.75 Å². The standard InChI is InChI=1S/C30H22Cl2N2O4/c1-17-7-8-19(13-18(17)2)16-38-27-12-9-20-5-3-4-6-22(20)23(27)15-24-28(35)33-30(37)34(29(24)36)21-10-11-25(31)26(32)14-21/h3-15H,16H2,1-2H3,(H,33,35,37)/b24-15+. The third-order valence-electron chi connectivity index (χ3n) is 6.45. The molecule has 190 valence electrons. The number of ether oxygens (including phenoxy) is 1. The fraction of sp³-hybridized carbons (Fsp3) is 0.100. The quantitative estimate of drug-likeness (QED) is 0.216. The van der Waals surface area contributed by atoms with Crippen molar-refractivity contribution in [3.63, 3.8) is 0 Å². The van der Waals surface area contributed by atoms with Gasteiger partial charge in [-0.05, 0) is 71.7 Å². The highest BCUT2D eigenvalue weighted by Crippen LogP contribution is 2.33. The third kappa shape index (κ3) is 4.88. The number of barbiturate groups is 1. The lowest BCUT2D eigenvalue weighted by molar-refractivity contribution is -0.122. The SMILES string of the molecule is Cc1ccc(COc2ccc3ccccc3c2/C=C2\C(=O)NC(=O)N(c3ccc(Cl)c(Cl)c3)C2=O)cc1C. The van der Waals surface area contributed by atoms with E-state index < -0.39 is 17.8 Å². The third-order valence-corrected chi connectivity index (χ3v) is 7.19. The van der Waals surface area contributed by atoms with E-state index in [9.17, 15) is 14.4 Å². The van der Waals surface area contributed by atoms with Crippen LogP contribution in [0.4, 0.5) is 10.5 Å². The number of benzene rings is 4. The normalized spacial score (nSPS) is 14.8. The molecule has 0 aromatic heterocycles. The number of aryl methyl sites for hydroxylation is 2. The number of carbonyl (C=O) groups is 3. The number of carbonyl (C=O) groups excluding carboxylic acids is 3. The smallest absolute Gasteiger partial charge is 0.335 e. The number of urea groups is 1. The van der Waals surface area contributed by atoms with E-state index >= 15 is 0 Å². The lowest BCUT2D eigenvalue weighted by Gasteiger charge is -2.26. The van der Waals surface area contributed by atoms with Gasteiger partial charge >= 0.3 is 6.03 Å². The summed E-state index contributed by atoms with van der Waals surface area (Å²) in [5, 5.41) is 4.37. The maximum atomic E-state index is 13.5. The number of fused-ring (bicyclic) bond motifs is 1. The fourth-order valence-corrected chi connectivity index (χ4v) is 4.56. The molecular formula is C30H22Cl2N2O4. The van der Waals surface area contributed by atoms with Crippen LogP contribution in [0.3, 0.4) is 0 Å². The predicted molar refractivity (Wildman–Crippen MR) is 150 cm³/mol. The Morgan fingerprint density at radius 1 is 0.868 bits per heavy atom. The van der Waals surface area contributed by atoms with E-state index in [-0.39, 0.29) is 21.3 Å². The molecule has 0 aliphatic carbocycles. The molecule has 0 bridgehead atoms. The Hall–Kier alpha value is -4.13. The molecule has 4 amide bonds. The molecule has 6 nitrogen and oxygen atoms in total. The second kappa shape index (κ2) is 10.3. The average Bonchev–Trinajstić information content (AvgIpc) is 2.89. The molecule has 0 atom stereocenters. The Morgan fingerprint density at radius 3 is 2.42 bits per heavy atom. The van der Waals surface area contributed by atoms with Crippen LogP contribution in [0.5, 0.6) is 5.75 Å². The number of amides is 4. The van der Waals surface area contributed by atoms with Crippen molar-refractivity contribution in [3.05, 3.63) is 111 Å². The zero-order chi connectivity index (χ0) is 27.0. The molecule has 0 spiro atoms. The van der Waals surface area contributed by atoms with E-state index in [0.29, 0.717) is 17.9 Å². The maximum absolute atomic E-state index is 13.5. The van der Waals surface area contributed by atoms with Gasteiger partial charge in [-0.2, -0.15) is 0 Å². The van der Waals surface area contributed by atoms with Gasteiger partial charge in [0.1, 0.15) is 17.9 Å². The summed E-state index contributed by atoms with van der Waals surface area (Å²) in [6, 6.07) is 20.9. The molecule has 0 saturated carbocycles. The number of hydrogen-bond donors (Lipinski definition) is 1. The van der Waals surface area contributed by atoms with Crippen molar-refractivity contribution in [2.24, 2.45) is 0 Å². The summed E-state index contributed by atoms with van der Waals surface area (Å²) in [6.45, 7) is 4.38. The fourth-order valence-electron chi connectivity index (χ4n) is 4.27. The number of nitrogens with zero attached hydrogens (tertiary/aromatic N) is 1. The van der Waals surface area contributed by atoms with E-state index in [1.165, 1.54) is 29.8 Å². The molecule has 1 saturated heterocycles. The molecular weight excluding hydrogens is 523 g/mol. The number of anilines is 1. The van der Waals surface area contributed by atoms with Crippen LogP contribution in [0, 0.1) is 13.8 Å². The minimum absolute atomic E-state index is 0.170. The average molecular weight is 545 g/mol. The molecule has 4 aromatic carbocycles. The first-order valence-electron chi connectivity index (χ1n) is 11.8. The molecule has 0 radical (unpaired) electrons. The summed E-state index contributed by atoms with van der Waals surface area (Å²) in [5.74, 6) is -1.09. The topological polar surface area (TPSA) is 75.7 Å². The van der Waals surface area contributed by atoms with Crippen molar-refractivity contribution >= 4 is 63.6 Å². The summed E-state index contributed by atoms with van der Waals surface area (Å²) in [4.78, 5) is 39.9. The molecule has 4 aromatic rings. The number of imide groups is 2. The lowest BCUT2D eigenvalue weighted by atomic mass is 9.99.